The third-order valence-corrected chi connectivity index (χ3v) is 4.26. The van der Waals surface area contributed by atoms with Crippen LogP contribution in [0.2, 0.25) is 0 Å². The van der Waals surface area contributed by atoms with Gasteiger partial charge in [-0.25, -0.2) is 10.0 Å². The Morgan fingerprint density at radius 1 is 1.21 bits per heavy atom. The normalized spacial score (nSPS) is 17.1. The van der Waals surface area contributed by atoms with Crippen LogP contribution in [0.5, 0.6) is 5.75 Å². The highest BCUT2D eigenvalue weighted by Crippen LogP contribution is 2.47. The zero-order valence-corrected chi connectivity index (χ0v) is 9.99. The Kier molecular flexibility index (Phi) is 2.48. The molecule has 1 heterocycles. The fraction of sp³-hybridized carbons (Fsp3) is 0.500. The van der Waals surface area contributed by atoms with Crippen LogP contribution in [0, 0.1) is 0 Å². The average molecular weight is 210 g/mol. The van der Waals surface area contributed by atoms with Gasteiger partial charge in [-0.3, -0.25) is 0 Å². The summed E-state index contributed by atoms with van der Waals surface area (Å²) in [4.78, 5) is 1.44. The van der Waals surface area contributed by atoms with Crippen LogP contribution in [-0.2, 0) is 6.42 Å². The molecule has 1 aromatic carbocycles. The van der Waals surface area contributed by atoms with Crippen molar-refractivity contribution in [1.29, 1.82) is 0 Å². The maximum Gasteiger partial charge on any atom is 0.123 e. The molecule has 0 N–H and O–H groups in total. The molecular formula is C12H18OS. The smallest absolute Gasteiger partial charge is 0.123 e. The van der Waals surface area contributed by atoms with Crippen molar-refractivity contribution < 1.29 is 4.74 Å². The van der Waals surface area contributed by atoms with Gasteiger partial charge in [-0.2, -0.15) is 0 Å². The lowest BCUT2D eigenvalue weighted by atomic mass is 10.1. The van der Waals surface area contributed by atoms with Gasteiger partial charge in [0.05, 0.1) is 6.61 Å². The van der Waals surface area contributed by atoms with Crippen molar-refractivity contribution in [2.24, 2.45) is 0 Å². The van der Waals surface area contributed by atoms with Crippen molar-refractivity contribution in [3.05, 3.63) is 23.8 Å². The van der Waals surface area contributed by atoms with Gasteiger partial charge in [0.15, 0.2) is 0 Å². The molecule has 0 aromatic heterocycles. The lowest BCUT2D eigenvalue weighted by Gasteiger charge is -2.28. The van der Waals surface area contributed by atoms with Gasteiger partial charge in [0.1, 0.15) is 5.75 Å². The van der Waals surface area contributed by atoms with E-state index in [1.165, 1.54) is 16.9 Å². The second-order valence-electron chi connectivity index (χ2n) is 4.56. The number of rotatable bonds is 1. The molecule has 78 valence electrons. The van der Waals surface area contributed by atoms with E-state index in [1.54, 1.807) is 0 Å². The quantitative estimate of drug-likeness (QED) is 0.692. The maximum atomic E-state index is 5.67. The van der Waals surface area contributed by atoms with Crippen LogP contribution in [0.4, 0.5) is 0 Å². The van der Waals surface area contributed by atoms with E-state index in [-0.39, 0.29) is 0 Å². The fourth-order valence-electron chi connectivity index (χ4n) is 1.70. The minimum atomic E-state index is -0.616. The summed E-state index contributed by atoms with van der Waals surface area (Å²) in [6, 6.07) is 6.74. The molecule has 0 unspecified atom stereocenters. The second-order valence-corrected chi connectivity index (χ2v) is 8.70. The van der Waals surface area contributed by atoms with E-state index in [0.29, 0.717) is 0 Å². The molecule has 0 bridgehead atoms. The molecule has 2 heteroatoms. The molecule has 0 radical (unpaired) electrons. The summed E-state index contributed by atoms with van der Waals surface area (Å²) < 4.78 is 5.67. The zero-order valence-electron chi connectivity index (χ0n) is 9.17. The summed E-state index contributed by atoms with van der Waals surface area (Å²) in [5, 5.41) is 0. The third kappa shape index (κ3) is 1.90. The molecule has 0 fully saturated rings. The zero-order chi connectivity index (χ0) is 10.2. The summed E-state index contributed by atoms with van der Waals surface area (Å²) in [6.45, 7) is 0.885. The second kappa shape index (κ2) is 3.50. The molecule has 1 aliphatic heterocycles. The molecule has 0 aliphatic carbocycles. The van der Waals surface area contributed by atoms with Gasteiger partial charge in [0.25, 0.3) is 0 Å². The van der Waals surface area contributed by atoms with Crippen LogP contribution in [0.3, 0.4) is 0 Å². The topological polar surface area (TPSA) is 9.23 Å². The number of aryl methyl sites for hydroxylation is 1. The highest BCUT2D eigenvalue weighted by Gasteiger charge is 2.14. The van der Waals surface area contributed by atoms with Crippen molar-refractivity contribution in [2.45, 2.75) is 17.7 Å². The summed E-state index contributed by atoms with van der Waals surface area (Å²) in [5.41, 5.74) is 1.38. The number of hydrogen-bond donors (Lipinski definition) is 0. The Morgan fingerprint density at radius 2 is 2.00 bits per heavy atom. The van der Waals surface area contributed by atoms with E-state index in [4.69, 9.17) is 4.74 Å². The monoisotopic (exact) mass is 210 g/mol. The molecular weight excluding hydrogens is 192 g/mol. The van der Waals surface area contributed by atoms with Gasteiger partial charge in [0.2, 0.25) is 0 Å². The van der Waals surface area contributed by atoms with Gasteiger partial charge in [-0.1, -0.05) is 6.07 Å². The van der Waals surface area contributed by atoms with Crippen molar-refractivity contribution in [2.75, 3.05) is 25.4 Å². The minimum absolute atomic E-state index is 0.616. The van der Waals surface area contributed by atoms with Crippen LogP contribution in [-0.4, -0.2) is 25.4 Å². The van der Waals surface area contributed by atoms with Crippen LogP contribution in [0.15, 0.2) is 23.1 Å². The first-order valence-electron chi connectivity index (χ1n) is 5.01. The van der Waals surface area contributed by atoms with E-state index in [9.17, 15) is 0 Å². The molecule has 1 nitrogen and oxygen atoms in total. The average Bonchev–Trinajstić information content (AvgIpc) is 2.16. The lowest BCUT2D eigenvalue weighted by Crippen LogP contribution is -2.08. The first kappa shape index (κ1) is 9.91. The third-order valence-electron chi connectivity index (χ3n) is 2.59. The van der Waals surface area contributed by atoms with E-state index < -0.39 is 10.0 Å². The van der Waals surface area contributed by atoms with Crippen molar-refractivity contribution in [3.63, 3.8) is 0 Å². The van der Waals surface area contributed by atoms with Gasteiger partial charge >= 0.3 is 0 Å². The van der Waals surface area contributed by atoms with Crippen molar-refractivity contribution in [1.82, 2.24) is 0 Å². The number of hydrogen-bond acceptors (Lipinski definition) is 1. The Balaban J connectivity index is 2.39. The molecule has 1 aliphatic rings. The molecule has 0 amide bonds. The molecule has 0 saturated heterocycles. The predicted molar refractivity (Wildman–Crippen MR) is 63.9 cm³/mol. The molecule has 14 heavy (non-hydrogen) atoms. The molecule has 0 spiro atoms. The van der Waals surface area contributed by atoms with Gasteiger partial charge in [0, 0.05) is 0 Å². The molecule has 0 atom stereocenters. The maximum absolute atomic E-state index is 5.67. The van der Waals surface area contributed by atoms with Gasteiger partial charge in [-0.05, 0) is 54.2 Å². The van der Waals surface area contributed by atoms with Crippen LogP contribution in [0.25, 0.3) is 0 Å². The lowest BCUT2D eigenvalue weighted by molar-refractivity contribution is 0.287. The predicted octanol–water partition coefficient (Wildman–Crippen LogP) is 3.06. The van der Waals surface area contributed by atoms with Crippen molar-refractivity contribution >= 4 is 10.0 Å². The van der Waals surface area contributed by atoms with E-state index >= 15 is 0 Å². The summed E-state index contributed by atoms with van der Waals surface area (Å²) in [5.74, 6) is 1.12. The summed E-state index contributed by atoms with van der Waals surface area (Å²) >= 11 is 0. The van der Waals surface area contributed by atoms with Gasteiger partial charge in [-0.15, -0.1) is 0 Å². The Labute approximate surface area is 87.8 Å². The summed E-state index contributed by atoms with van der Waals surface area (Å²) in [7, 11) is -0.616. The Morgan fingerprint density at radius 3 is 2.71 bits per heavy atom. The Hall–Kier alpha value is -0.630. The number of ether oxygens (including phenoxy) is 1. The number of benzene rings is 1. The van der Waals surface area contributed by atoms with E-state index in [2.05, 4.69) is 37.0 Å². The standard InChI is InChI=1S/C12H18OS/c1-14(2,3)11-7-6-10-5-4-8-13-12(10)9-11/h6-7,9H,4-5,8H2,1-3H3. The summed E-state index contributed by atoms with van der Waals surface area (Å²) in [6.07, 6.45) is 9.29. The highest BCUT2D eigenvalue weighted by atomic mass is 32.3. The first-order valence-corrected chi connectivity index (χ1v) is 7.87. The molecule has 1 aromatic rings. The first-order chi connectivity index (χ1) is 6.57. The fourth-order valence-corrected chi connectivity index (χ4v) is 2.64. The largest absolute Gasteiger partial charge is 0.493 e. The van der Waals surface area contributed by atoms with E-state index in [0.717, 1.165) is 18.8 Å². The highest BCUT2D eigenvalue weighted by molar-refractivity contribution is 8.32. The van der Waals surface area contributed by atoms with Crippen LogP contribution < -0.4 is 4.74 Å². The molecule has 0 saturated carbocycles. The minimum Gasteiger partial charge on any atom is -0.493 e. The van der Waals surface area contributed by atoms with Crippen molar-refractivity contribution in [3.8, 4) is 5.75 Å². The van der Waals surface area contributed by atoms with Crippen LogP contribution >= 0.6 is 10.0 Å². The van der Waals surface area contributed by atoms with E-state index in [1.807, 2.05) is 0 Å². The number of fused-ring (bicyclic) bond motifs is 1. The molecule has 2 rings (SSSR count). The SMILES string of the molecule is CS(C)(C)c1ccc2c(c1)OCCC2. The van der Waals surface area contributed by atoms with Gasteiger partial charge < -0.3 is 4.74 Å². The Bertz CT molecular complexity index is 339. The van der Waals surface area contributed by atoms with Crippen LogP contribution in [0.1, 0.15) is 12.0 Å².